The quantitative estimate of drug-likeness (QED) is 0.120. The van der Waals surface area contributed by atoms with Crippen LogP contribution < -0.4 is 22.1 Å². The first-order valence-electron chi connectivity index (χ1n) is 18.3. The monoisotopic (exact) mass is 695 g/mol. The standard InChI is InChI=1S/C38H70N4O7/c1-31(2)13-26(39)15-35(9,18-31)22-41-28(43)46-24-33(5,6)17-34(7,8)49-30(45)47-25-37(11)20-38(12,21-37)48-29(44)42-23-36(10)16-27(40)14-32(3,4)19-36/h26-27H,13-25,39-40H2,1-12H3,(H,41,43)(H,42,44). The highest BCUT2D eigenvalue weighted by Crippen LogP contribution is 2.51. The Hall–Kier alpha value is -2.27. The number of amides is 2. The first-order chi connectivity index (χ1) is 22.0. The van der Waals surface area contributed by atoms with E-state index in [1.54, 1.807) is 0 Å². The number of rotatable bonds is 12. The van der Waals surface area contributed by atoms with Crippen LogP contribution >= 0.6 is 0 Å². The van der Waals surface area contributed by atoms with E-state index in [1.165, 1.54) is 0 Å². The van der Waals surface area contributed by atoms with Crippen LogP contribution in [0.1, 0.15) is 141 Å². The lowest BCUT2D eigenvalue weighted by Gasteiger charge is -2.51. The third kappa shape index (κ3) is 13.1. The summed E-state index contributed by atoms with van der Waals surface area (Å²) < 4.78 is 22.7. The predicted octanol–water partition coefficient (Wildman–Crippen LogP) is 7.43. The average molecular weight is 695 g/mol. The molecule has 6 N–H and O–H groups in total. The van der Waals surface area contributed by atoms with E-state index in [9.17, 15) is 14.4 Å². The molecular formula is C38H70N4O7. The number of carbonyl (C=O) groups excluding carboxylic acids is 3. The van der Waals surface area contributed by atoms with Gasteiger partial charge in [-0.05, 0) is 100 Å². The van der Waals surface area contributed by atoms with Gasteiger partial charge in [0.2, 0.25) is 0 Å². The number of nitrogens with one attached hydrogen (secondary N) is 2. The van der Waals surface area contributed by atoms with Crippen LogP contribution in [0.15, 0.2) is 0 Å². The van der Waals surface area contributed by atoms with E-state index in [0.717, 1.165) is 38.5 Å². The molecule has 2 amide bonds. The molecule has 11 heteroatoms. The van der Waals surface area contributed by atoms with Gasteiger partial charge in [0.25, 0.3) is 0 Å². The largest absolute Gasteiger partial charge is 0.508 e. The van der Waals surface area contributed by atoms with Crippen molar-refractivity contribution in [1.82, 2.24) is 10.6 Å². The maximum atomic E-state index is 12.8. The molecule has 0 aromatic rings. The van der Waals surface area contributed by atoms with Crippen LogP contribution in [-0.2, 0) is 18.9 Å². The van der Waals surface area contributed by atoms with E-state index in [0.29, 0.717) is 32.4 Å². The summed E-state index contributed by atoms with van der Waals surface area (Å²) in [4.78, 5) is 38.1. The molecule has 0 bridgehead atoms. The Morgan fingerprint density at radius 3 is 1.61 bits per heavy atom. The van der Waals surface area contributed by atoms with Crippen molar-refractivity contribution < 1.29 is 33.3 Å². The van der Waals surface area contributed by atoms with Crippen molar-refractivity contribution in [3.8, 4) is 0 Å². The van der Waals surface area contributed by atoms with Crippen LogP contribution in [0.25, 0.3) is 0 Å². The van der Waals surface area contributed by atoms with Gasteiger partial charge in [-0.25, -0.2) is 14.4 Å². The summed E-state index contributed by atoms with van der Waals surface area (Å²) in [5.74, 6) is 0. The molecule has 0 aromatic heterocycles. The fraction of sp³-hybridized carbons (Fsp3) is 0.921. The number of ether oxygens (including phenoxy) is 4. The summed E-state index contributed by atoms with van der Waals surface area (Å²) in [6, 6.07) is 0.248. The third-order valence-corrected chi connectivity index (χ3v) is 10.6. The molecule has 0 heterocycles. The van der Waals surface area contributed by atoms with E-state index in [-0.39, 0.29) is 52.4 Å². The van der Waals surface area contributed by atoms with Crippen molar-refractivity contribution >= 4 is 18.3 Å². The van der Waals surface area contributed by atoms with Gasteiger partial charge in [-0.1, -0.05) is 62.3 Å². The topological polar surface area (TPSA) is 164 Å². The van der Waals surface area contributed by atoms with E-state index in [2.05, 4.69) is 52.2 Å². The highest BCUT2D eigenvalue weighted by Gasteiger charge is 2.53. The minimum Gasteiger partial charge on any atom is -0.449 e. The van der Waals surface area contributed by atoms with Crippen molar-refractivity contribution in [2.24, 2.45) is 44.0 Å². The van der Waals surface area contributed by atoms with E-state index in [4.69, 9.17) is 30.4 Å². The summed E-state index contributed by atoms with van der Waals surface area (Å²) in [6.45, 7) is 26.1. The van der Waals surface area contributed by atoms with Crippen molar-refractivity contribution in [3.05, 3.63) is 0 Å². The van der Waals surface area contributed by atoms with Crippen LogP contribution in [0.2, 0.25) is 0 Å². The number of alkyl carbamates (subject to hydrolysis) is 2. The van der Waals surface area contributed by atoms with Crippen LogP contribution in [0.4, 0.5) is 14.4 Å². The summed E-state index contributed by atoms with van der Waals surface area (Å²) in [5.41, 5.74) is 10.5. The normalized spacial score (nSPS) is 34.2. The van der Waals surface area contributed by atoms with Gasteiger partial charge in [-0.3, -0.25) is 0 Å². The van der Waals surface area contributed by atoms with Gasteiger partial charge >= 0.3 is 18.3 Å². The Morgan fingerprint density at radius 2 is 1.14 bits per heavy atom. The highest BCUT2D eigenvalue weighted by molar-refractivity contribution is 5.68. The number of nitrogens with two attached hydrogens (primary N) is 2. The molecule has 3 fully saturated rings. The Kier molecular flexibility index (Phi) is 12.1. The van der Waals surface area contributed by atoms with Crippen LogP contribution in [0.5, 0.6) is 0 Å². The van der Waals surface area contributed by atoms with Gasteiger partial charge in [0.1, 0.15) is 17.8 Å². The maximum absolute atomic E-state index is 12.8. The van der Waals surface area contributed by atoms with Crippen molar-refractivity contribution in [2.75, 3.05) is 26.3 Å². The second-order valence-electron chi connectivity index (χ2n) is 20.7. The van der Waals surface area contributed by atoms with Crippen LogP contribution in [0, 0.1) is 32.5 Å². The zero-order valence-electron chi connectivity index (χ0n) is 32.9. The molecule has 0 radical (unpaired) electrons. The van der Waals surface area contributed by atoms with E-state index in [1.807, 2.05) is 41.5 Å². The van der Waals surface area contributed by atoms with Crippen molar-refractivity contribution in [1.29, 1.82) is 0 Å². The van der Waals surface area contributed by atoms with E-state index >= 15 is 0 Å². The lowest BCUT2D eigenvalue weighted by molar-refractivity contribution is -0.138. The minimum atomic E-state index is -0.859. The highest BCUT2D eigenvalue weighted by atomic mass is 16.7. The number of hydrogen-bond donors (Lipinski definition) is 4. The summed E-state index contributed by atoms with van der Waals surface area (Å²) in [7, 11) is 0. The van der Waals surface area contributed by atoms with E-state index < -0.39 is 35.0 Å². The molecule has 3 rings (SSSR count). The lowest BCUT2D eigenvalue weighted by Crippen LogP contribution is -2.55. The van der Waals surface area contributed by atoms with Crippen molar-refractivity contribution in [2.45, 2.75) is 164 Å². The molecule has 0 aromatic carbocycles. The zero-order chi connectivity index (χ0) is 37.3. The molecule has 0 spiro atoms. The summed E-state index contributed by atoms with van der Waals surface area (Å²) >= 11 is 0. The summed E-state index contributed by atoms with van der Waals surface area (Å²) in [6.07, 6.45) is 5.61. The molecule has 284 valence electrons. The SMILES string of the molecule is CC1(C)CC(N)CC(C)(CNC(=O)OCC(C)(C)CC(C)(C)OC(=O)OCC2(C)CC(C)(OC(=O)NCC3(C)CC(N)CC(C)(C)C3)C2)C1. The first-order valence-corrected chi connectivity index (χ1v) is 18.3. The third-order valence-electron chi connectivity index (χ3n) is 10.6. The molecule has 4 unspecified atom stereocenters. The second-order valence-corrected chi connectivity index (χ2v) is 20.7. The lowest BCUT2D eigenvalue weighted by atomic mass is 9.61. The van der Waals surface area contributed by atoms with Crippen molar-refractivity contribution in [3.63, 3.8) is 0 Å². The van der Waals surface area contributed by atoms with Crippen LogP contribution in [-0.4, -0.2) is 67.9 Å². The van der Waals surface area contributed by atoms with Gasteiger partial charge in [0.05, 0.1) is 6.61 Å². The maximum Gasteiger partial charge on any atom is 0.508 e. The van der Waals surface area contributed by atoms with Gasteiger partial charge in [0, 0.05) is 36.0 Å². The number of hydrogen-bond acceptors (Lipinski definition) is 9. The van der Waals surface area contributed by atoms with Gasteiger partial charge in [-0.2, -0.15) is 0 Å². The molecular weight excluding hydrogens is 624 g/mol. The van der Waals surface area contributed by atoms with Gasteiger partial charge in [-0.15, -0.1) is 0 Å². The predicted molar refractivity (Wildman–Crippen MR) is 192 cm³/mol. The van der Waals surface area contributed by atoms with Gasteiger partial charge < -0.3 is 41.0 Å². The smallest absolute Gasteiger partial charge is 0.449 e. The van der Waals surface area contributed by atoms with Crippen LogP contribution in [0.3, 0.4) is 0 Å². The molecule has 3 aliphatic rings. The minimum absolute atomic E-state index is 0.0752. The summed E-state index contributed by atoms with van der Waals surface area (Å²) in [5, 5.41) is 5.93. The molecule has 0 saturated heterocycles. The zero-order valence-corrected chi connectivity index (χ0v) is 32.9. The fourth-order valence-corrected chi connectivity index (χ4v) is 10.5. The molecule has 3 saturated carbocycles. The fourth-order valence-electron chi connectivity index (χ4n) is 10.5. The Bertz CT molecular complexity index is 1190. The number of carbonyl (C=O) groups is 3. The Morgan fingerprint density at radius 1 is 0.673 bits per heavy atom. The first kappa shape index (κ1) is 41.2. The Balaban J connectivity index is 1.36. The van der Waals surface area contributed by atoms with Gasteiger partial charge in [0.15, 0.2) is 0 Å². The molecule has 49 heavy (non-hydrogen) atoms. The molecule has 4 atom stereocenters. The average Bonchev–Trinajstić information content (AvgIpc) is 2.84. The molecule has 0 aliphatic heterocycles. The second kappa shape index (κ2) is 14.4. The molecule has 3 aliphatic carbocycles. The molecule has 11 nitrogen and oxygen atoms in total. The Labute approximate surface area is 296 Å².